The average molecular weight is 189 g/mol. The van der Waals surface area contributed by atoms with Crippen molar-refractivity contribution < 1.29 is 4.58 Å². The van der Waals surface area contributed by atoms with Crippen molar-refractivity contribution in [3.63, 3.8) is 0 Å². The van der Waals surface area contributed by atoms with E-state index in [0.29, 0.717) is 0 Å². The number of rotatable bonds is 2. The Kier molecular flexibility index (Phi) is 2.82. The van der Waals surface area contributed by atoms with E-state index in [-0.39, 0.29) is 0 Å². The second kappa shape index (κ2) is 4.27. The summed E-state index contributed by atoms with van der Waals surface area (Å²) in [6, 6.07) is 4.10. The van der Waals surface area contributed by atoms with Gasteiger partial charge in [-0.25, -0.2) is 4.58 Å². The van der Waals surface area contributed by atoms with Crippen molar-refractivity contribution in [3.05, 3.63) is 30.1 Å². The van der Waals surface area contributed by atoms with Crippen LogP contribution in [0.5, 0.6) is 0 Å². The van der Waals surface area contributed by atoms with Crippen molar-refractivity contribution in [3.8, 4) is 0 Å². The van der Waals surface area contributed by atoms with Crippen LogP contribution in [0, 0.1) is 0 Å². The van der Waals surface area contributed by atoms with Crippen LogP contribution in [0.3, 0.4) is 0 Å². The molecule has 2 heterocycles. The molecule has 0 amide bonds. The quantitative estimate of drug-likeness (QED) is 0.688. The molecule has 14 heavy (non-hydrogen) atoms. The lowest BCUT2D eigenvalue weighted by atomic mass is 10.3. The summed E-state index contributed by atoms with van der Waals surface area (Å²) in [6.07, 6.45) is 8.96. The molecule has 74 valence electrons. The molecule has 0 radical (unpaired) electrons. The van der Waals surface area contributed by atoms with E-state index in [2.05, 4.69) is 34.7 Å². The third kappa shape index (κ3) is 2.13. The molecule has 2 heteroatoms. The predicted molar refractivity (Wildman–Crippen MR) is 59.7 cm³/mol. The first-order chi connectivity index (χ1) is 6.86. The number of aromatic amines is 1. The Morgan fingerprint density at radius 2 is 2.21 bits per heavy atom. The molecule has 1 aromatic heterocycles. The first-order valence-corrected chi connectivity index (χ1v) is 5.26. The van der Waals surface area contributed by atoms with Crippen molar-refractivity contribution in [1.29, 1.82) is 0 Å². The fraction of sp³-hybridized carbons (Fsp3) is 0.417. The maximum Gasteiger partial charge on any atom is 0.172 e. The summed E-state index contributed by atoms with van der Waals surface area (Å²) in [6.45, 7) is 4.63. The van der Waals surface area contributed by atoms with E-state index in [1.54, 1.807) is 0 Å². The van der Waals surface area contributed by atoms with E-state index in [9.17, 15) is 0 Å². The van der Waals surface area contributed by atoms with Gasteiger partial charge >= 0.3 is 0 Å². The SMILES string of the molecule is CC(/C=C/c1ccc[nH]1)=[N+]1CCCC1. The summed E-state index contributed by atoms with van der Waals surface area (Å²) in [4.78, 5) is 3.16. The zero-order valence-electron chi connectivity index (χ0n) is 8.66. The van der Waals surface area contributed by atoms with Crippen molar-refractivity contribution in [1.82, 2.24) is 4.98 Å². The van der Waals surface area contributed by atoms with Gasteiger partial charge in [-0.2, -0.15) is 0 Å². The van der Waals surface area contributed by atoms with Gasteiger partial charge in [0.05, 0.1) is 0 Å². The minimum Gasteiger partial charge on any atom is -0.362 e. The number of hydrogen-bond acceptors (Lipinski definition) is 0. The highest BCUT2D eigenvalue weighted by Gasteiger charge is 2.14. The second-order valence-corrected chi connectivity index (χ2v) is 3.79. The highest BCUT2D eigenvalue weighted by molar-refractivity contribution is 5.92. The molecule has 0 spiro atoms. The van der Waals surface area contributed by atoms with E-state index < -0.39 is 0 Å². The van der Waals surface area contributed by atoms with E-state index >= 15 is 0 Å². The van der Waals surface area contributed by atoms with Crippen LogP contribution in [0.15, 0.2) is 24.4 Å². The van der Waals surface area contributed by atoms with Crippen molar-refractivity contribution >= 4 is 11.8 Å². The van der Waals surface area contributed by atoms with Gasteiger partial charge in [0.1, 0.15) is 13.1 Å². The van der Waals surface area contributed by atoms with Crippen LogP contribution in [0.25, 0.3) is 6.08 Å². The van der Waals surface area contributed by atoms with Gasteiger partial charge in [-0.15, -0.1) is 0 Å². The molecule has 2 rings (SSSR count). The van der Waals surface area contributed by atoms with E-state index in [4.69, 9.17) is 0 Å². The molecule has 0 aliphatic carbocycles. The van der Waals surface area contributed by atoms with Crippen LogP contribution in [-0.2, 0) is 0 Å². The second-order valence-electron chi connectivity index (χ2n) is 3.79. The highest BCUT2D eigenvalue weighted by atomic mass is 15.0. The lowest BCUT2D eigenvalue weighted by molar-refractivity contribution is -0.505. The maximum absolute atomic E-state index is 3.16. The summed E-state index contributed by atoms with van der Waals surface area (Å²) < 4.78 is 2.44. The maximum atomic E-state index is 3.16. The highest BCUT2D eigenvalue weighted by Crippen LogP contribution is 2.03. The first-order valence-electron chi connectivity index (χ1n) is 5.26. The van der Waals surface area contributed by atoms with Crippen molar-refractivity contribution in [2.24, 2.45) is 0 Å². The third-order valence-electron chi connectivity index (χ3n) is 2.73. The predicted octanol–water partition coefficient (Wildman–Crippen LogP) is 2.30. The number of nitrogens with one attached hydrogen (secondary N) is 1. The summed E-state index contributed by atoms with van der Waals surface area (Å²) in [5, 5.41) is 0. The van der Waals surface area contributed by atoms with Gasteiger partial charge in [0.25, 0.3) is 0 Å². The molecular weight excluding hydrogens is 172 g/mol. The molecule has 1 fully saturated rings. The number of aromatic nitrogens is 1. The fourth-order valence-electron chi connectivity index (χ4n) is 1.83. The minimum absolute atomic E-state index is 1.17. The topological polar surface area (TPSA) is 18.8 Å². The molecular formula is C12H17N2+. The van der Waals surface area contributed by atoms with E-state index in [1.165, 1.54) is 37.3 Å². The summed E-state index contributed by atoms with van der Waals surface area (Å²) in [5.74, 6) is 0. The van der Waals surface area contributed by atoms with Gasteiger partial charge < -0.3 is 4.98 Å². The summed E-state index contributed by atoms with van der Waals surface area (Å²) in [5.41, 5.74) is 2.54. The molecule has 1 aliphatic rings. The van der Waals surface area contributed by atoms with Gasteiger partial charge in [0.2, 0.25) is 0 Å². The van der Waals surface area contributed by atoms with Crippen LogP contribution >= 0.6 is 0 Å². The van der Waals surface area contributed by atoms with E-state index in [0.717, 1.165) is 0 Å². The zero-order chi connectivity index (χ0) is 9.80. The molecule has 2 nitrogen and oxygen atoms in total. The largest absolute Gasteiger partial charge is 0.362 e. The standard InChI is InChI=1S/C12H16N2/c1-11(14-9-2-3-10-14)6-7-12-5-4-8-13-12/h4-8H,2-3,9-10H2,1H3/p+1. The monoisotopic (exact) mass is 189 g/mol. The lowest BCUT2D eigenvalue weighted by Crippen LogP contribution is -2.13. The molecule has 0 bridgehead atoms. The van der Waals surface area contributed by atoms with Gasteiger partial charge in [-0.05, 0) is 18.2 Å². The molecule has 0 atom stereocenters. The van der Waals surface area contributed by atoms with Crippen molar-refractivity contribution in [2.75, 3.05) is 13.1 Å². The van der Waals surface area contributed by atoms with Gasteiger partial charge in [-0.1, -0.05) is 0 Å². The normalized spacial score (nSPS) is 16.8. The third-order valence-corrected chi connectivity index (χ3v) is 2.73. The van der Waals surface area contributed by atoms with Gasteiger partial charge in [0, 0.05) is 37.7 Å². The van der Waals surface area contributed by atoms with Crippen LogP contribution in [0.4, 0.5) is 0 Å². The number of nitrogens with zero attached hydrogens (tertiary/aromatic N) is 1. The Morgan fingerprint density at radius 3 is 2.86 bits per heavy atom. The van der Waals surface area contributed by atoms with Crippen LogP contribution in [-0.4, -0.2) is 28.4 Å². The number of H-pyrrole nitrogens is 1. The Labute approximate surface area is 85.0 Å². The summed E-state index contributed by atoms with van der Waals surface area (Å²) >= 11 is 0. The zero-order valence-corrected chi connectivity index (χ0v) is 8.66. The molecule has 1 aliphatic heterocycles. The van der Waals surface area contributed by atoms with E-state index in [1.807, 2.05) is 12.3 Å². The molecule has 1 N–H and O–H groups in total. The molecule has 1 aromatic rings. The lowest BCUT2D eigenvalue weighted by Gasteiger charge is -1.94. The molecule has 0 saturated carbocycles. The minimum atomic E-state index is 1.17. The number of hydrogen-bond donors (Lipinski definition) is 1. The number of allylic oxidation sites excluding steroid dienone is 1. The fourth-order valence-corrected chi connectivity index (χ4v) is 1.83. The molecule has 0 aromatic carbocycles. The van der Waals surface area contributed by atoms with Gasteiger partial charge in [0.15, 0.2) is 5.71 Å². The average Bonchev–Trinajstić information content (AvgIpc) is 2.87. The molecule has 0 unspecified atom stereocenters. The van der Waals surface area contributed by atoms with Crippen molar-refractivity contribution in [2.45, 2.75) is 19.8 Å². The smallest absolute Gasteiger partial charge is 0.172 e. The Balaban J connectivity index is 2.06. The Morgan fingerprint density at radius 1 is 1.43 bits per heavy atom. The van der Waals surface area contributed by atoms with Gasteiger partial charge in [-0.3, -0.25) is 0 Å². The van der Waals surface area contributed by atoms with Crippen LogP contribution in [0.2, 0.25) is 0 Å². The Bertz CT molecular complexity index is 336. The molecule has 1 saturated heterocycles. The first kappa shape index (κ1) is 9.25. The van der Waals surface area contributed by atoms with Crippen LogP contribution in [0.1, 0.15) is 25.5 Å². The Hall–Kier alpha value is -1.31. The summed E-state index contributed by atoms with van der Waals surface area (Å²) in [7, 11) is 0. The van der Waals surface area contributed by atoms with Crippen LogP contribution < -0.4 is 0 Å².